The van der Waals surface area contributed by atoms with Crippen LogP contribution in [0.4, 0.5) is 13.6 Å². The summed E-state index contributed by atoms with van der Waals surface area (Å²) in [6.45, 7) is -1.29. The van der Waals surface area contributed by atoms with Crippen molar-refractivity contribution < 1.29 is 33.0 Å². The first-order valence-electron chi connectivity index (χ1n) is 11.8. The minimum absolute atomic E-state index is 0.0417. The number of hydrogen-bond donors (Lipinski definition) is 3. The number of carboxylic acids is 1. The molecule has 0 unspecified atom stereocenters. The molecule has 0 saturated heterocycles. The fourth-order valence-corrected chi connectivity index (χ4v) is 4.96. The summed E-state index contributed by atoms with van der Waals surface area (Å²) in [6, 6.07) is 14.6. The topological polar surface area (TPSA) is 105 Å². The maximum absolute atomic E-state index is 14.5. The predicted molar refractivity (Wildman–Crippen MR) is 124 cm³/mol. The summed E-state index contributed by atoms with van der Waals surface area (Å²) in [5, 5.41) is 13.5. The maximum Gasteiger partial charge on any atom is 0.407 e. The van der Waals surface area contributed by atoms with Gasteiger partial charge in [0.25, 0.3) is 5.91 Å². The van der Waals surface area contributed by atoms with Crippen molar-refractivity contribution in [1.29, 1.82) is 0 Å². The van der Waals surface area contributed by atoms with Gasteiger partial charge in [-0.1, -0.05) is 67.8 Å². The molecular weight excluding hydrogens is 458 g/mol. The van der Waals surface area contributed by atoms with E-state index in [1.54, 1.807) is 0 Å². The Kier molecular flexibility index (Phi) is 7.33. The van der Waals surface area contributed by atoms with Crippen LogP contribution in [0.25, 0.3) is 11.1 Å². The second-order valence-electron chi connectivity index (χ2n) is 9.05. The van der Waals surface area contributed by atoms with Crippen LogP contribution >= 0.6 is 0 Å². The Morgan fingerprint density at radius 2 is 1.54 bits per heavy atom. The fraction of sp³-hybridized carbons (Fsp3) is 0.423. The van der Waals surface area contributed by atoms with Gasteiger partial charge in [-0.25, -0.2) is 4.79 Å². The van der Waals surface area contributed by atoms with Crippen LogP contribution < -0.4 is 10.6 Å². The zero-order valence-corrected chi connectivity index (χ0v) is 19.1. The number of aliphatic carboxylic acids is 1. The first-order chi connectivity index (χ1) is 16.8. The van der Waals surface area contributed by atoms with Crippen LogP contribution in [0.3, 0.4) is 0 Å². The van der Waals surface area contributed by atoms with Gasteiger partial charge in [-0.05, 0) is 35.1 Å². The molecule has 2 aromatic carbocycles. The van der Waals surface area contributed by atoms with Crippen LogP contribution in [0.2, 0.25) is 0 Å². The number of ether oxygens (including phenoxy) is 1. The van der Waals surface area contributed by atoms with Crippen molar-refractivity contribution in [2.24, 2.45) is 5.92 Å². The number of carbonyl (C=O) groups excluding carboxylic acids is 2. The summed E-state index contributed by atoms with van der Waals surface area (Å²) in [6.07, 6.45) is 1.69. The predicted octanol–water partition coefficient (Wildman–Crippen LogP) is 4.31. The van der Waals surface area contributed by atoms with Crippen molar-refractivity contribution in [3.05, 3.63) is 59.7 Å². The summed E-state index contributed by atoms with van der Waals surface area (Å²) in [4.78, 5) is 35.9. The first-order valence-corrected chi connectivity index (χ1v) is 11.8. The van der Waals surface area contributed by atoms with Crippen LogP contribution in [0.1, 0.15) is 49.1 Å². The van der Waals surface area contributed by atoms with Crippen molar-refractivity contribution in [3.8, 4) is 11.1 Å². The summed E-state index contributed by atoms with van der Waals surface area (Å²) in [5.74, 6) is -7.76. The van der Waals surface area contributed by atoms with E-state index in [0.717, 1.165) is 28.7 Å². The SMILES string of the molecule is O=C(NCC(F)(F)C(=O)N[C@H]1CCCCC[C@H]1C(=O)O)OCC1c2ccccc2-c2ccccc21. The Balaban J connectivity index is 1.32. The number of fused-ring (bicyclic) bond motifs is 3. The van der Waals surface area contributed by atoms with Crippen LogP contribution in [0, 0.1) is 5.92 Å². The summed E-state index contributed by atoms with van der Waals surface area (Å²) in [5.41, 5.74) is 4.06. The first kappa shape index (κ1) is 24.6. The number of benzene rings is 2. The number of alkyl carbamates (subject to hydrolysis) is 1. The molecule has 0 heterocycles. The van der Waals surface area contributed by atoms with Gasteiger partial charge in [0.2, 0.25) is 0 Å². The third kappa shape index (κ3) is 5.44. The second kappa shape index (κ2) is 10.4. The average molecular weight is 487 g/mol. The molecule has 0 radical (unpaired) electrons. The highest BCUT2D eigenvalue weighted by molar-refractivity contribution is 5.85. The van der Waals surface area contributed by atoms with E-state index in [-0.39, 0.29) is 12.5 Å². The molecule has 2 aliphatic rings. The van der Waals surface area contributed by atoms with E-state index in [2.05, 4.69) is 5.32 Å². The van der Waals surface area contributed by atoms with Gasteiger partial charge in [0.05, 0.1) is 12.5 Å². The van der Waals surface area contributed by atoms with Crippen LogP contribution in [-0.4, -0.2) is 48.2 Å². The molecular formula is C26H28F2N2O5. The minimum atomic E-state index is -3.92. The Hall–Kier alpha value is -3.49. The number of nitrogens with one attached hydrogen (secondary N) is 2. The van der Waals surface area contributed by atoms with Crippen LogP contribution in [0.5, 0.6) is 0 Å². The fourth-order valence-electron chi connectivity index (χ4n) is 4.96. The van der Waals surface area contributed by atoms with Gasteiger partial charge < -0.3 is 20.5 Å². The molecule has 2 aromatic rings. The van der Waals surface area contributed by atoms with Gasteiger partial charge in [-0.3, -0.25) is 9.59 Å². The van der Waals surface area contributed by atoms with Gasteiger partial charge in [0, 0.05) is 12.0 Å². The minimum Gasteiger partial charge on any atom is -0.481 e. The number of amides is 2. The molecule has 1 saturated carbocycles. The van der Waals surface area contributed by atoms with Gasteiger partial charge >= 0.3 is 18.0 Å². The lowest BCUT2D eigenvalue weighted by Gasteiger charge is -2.25. The van der Waals surface area contributed by atoms with E-state index >= 15 is 0 Å². The molecule has 1 fully saturated rings. The van der Waals surface area contributed by atoms with Gasteiger partial charge in [-0.15, -0.1) is 0 Å². The monoisotopic (exact) mass is 486 g/mol. The molecule has 7 nitrogen and oxygen atoms in total. The quantitative estimate of drug-likeness (QED) is 0.506. The highest BCUT2D eigenvalue weighted by Gasteiger charge is 2.42. The Labute approximate surface area is 201 Å². The Morgan fingerprint density at radius 3 is 2.17 bits per heavy atom. The Morgan fingerprint density at radius 1 is 0.943 bits per heavy atom. The van der Waals surface area contributed by atoms with E-state index in [9.17, 15) is 28.3 Å². The normalized spacial score (nSPS) is 19.7. The third-order valence-electron chi connectivity index (χ3n) is 6.78. The molecule has 0 bridgehead atoms. The molecule has 0 aromatic heterocycles. The molecule has 3 N–H and O–H groups in total. The van der Waals surface area contributed by atoms with Gasteiger partial charge in [-0.2, -0.15) is 8.78 Å². The van der Waals surface area contributed by atoms with Crippen molar-refractivity contribution >= 4 is 18.0 Å². The van der Waals surface area contributed by atoms with Crippen molar-refractivity contribution in [2.75, 3.05) is 13.2 Å². The smallest absolute Gasteiger partial charge is 0.407 e. The molecule has 0 spiro atoms. The van der Waals surface area contributed by atoms with Crippen molar-refractivity contribution in [3.63, 3.8) is 0 Å². The molecule has 35 heavy (non-hydrogen) atoms. The number of hydrogen-bond acceptors (Lipinski definition) is 4. The standard InChI is InChI=1S/C26H28F2N2O5/c27-26(28,24(33)30-22-13-3-1-2-12-20(22)23(31)32)15-29-25(34)35-14-21-18-10-6-4-8-16(18)17-9-5-7-11-19(17)21/h4-11,20-22H,1-3,12-15H2,(H,29,34)(H,30,33)(H,31,32)/t20-,22+/m1/s1. The molecule has 2 atom stereocenters. The molecule has 9 heteroatoms. The zero-order valence-electron chi connectivity index (χ0n) is 19.1. The lowest BCUT2D eigenvalue weighted by molar-refractivity contribution is -0.148. The number of alkyl halides is 2. The summed E-state index contributed by atoms with van der Waals surface area (Å²) >= 11 is 0. The summed E-state index contributed by atoms with van der Waals surface area (Å²) < 4.78 is 34.2. The number of rotatable bonds is 7. The molecule has 0 aliphatic heterocycles. The average Bonchev–Trinajstić information content (AvgIpc) is 2.97. The van der Waals surface area contributed by atoms with Crippen LogP contribution in [0.15, 0.2) is 48.5 Å². The molecule has 2 aliphatic carbocycles. The van der Waals surface area contributed by atoms with Crippen molar-refractivity contribution in [1.82, 2.24) is 10.6 Å². The lowest BCUT2D eigenvalue weighted by Crippen LogP contribution is -2.53. The van der Waals surface area contributed by atoms with E-state index in [0.29, 0.717) is 25.7 Å². The maximum atomic E-state index is 14.5. The van der Waals surface area contributed by atoms with E-state index < -0.39 is 42.4 Å². The summed E-state index contributed by atoms with van der Waals surface area (Å²) in [7, 11) is 0. The largest absolute Gasteiger partial charge is 0.481 e. The number of carboxylic acid groups (broad SMARTS) is 1. The third-order valence-corrected chi connectivity index (χ3v) is 6.78. The highest BCUT2D eigenvalue weighted by atomic mass is 19.3. The zero-order chi connectivity index (χ0) is 25.0. The van der Waals surface area contributed by atoms with E-state index in [1.165, 1.54) is 0 Å². The van der Waals surface area contributed by atoms with E-state index in [4.69, 9.17) is 4.74 Å². The van der Waals surface area contributed by atoms with Crippen molar-refractivity contribution in [2.45, 2.75) is 50.0 Å². The second-order valence-corrected chi connectivity index (χ2v) is 9.05. The van der Waals surface area contributed by atoms with Gasteiger partial charge in [0.1, 0.15) is 6.61 Å². The Bertz CT molecular complexity index is 1060. The lowest BCUT2D eigenvalue weighted by atomic mass is 9.94. The van der Waals surface area contributed by atoms with E-state index in [1.807, 2.05) is 53.8 Å². The van der Waals surface area contributed by atoms with Gasteiger partial charge in [0.15, 0.2) is 0 Å². The molecule has 186 valence electrons. The molecule has 2 amide bonds. The highest BCUT2D eigenvalue weighted by Crippen LogP contribution is 2.44. The number of halogens is 2. The molecule has 4 rings (SSSR count). The number of carbonyl (C=O) groups is 3. The van der Waals surface area contributed by atoms with Crippen LogP contribution in [-0.2, 0) is 14.3 Å².